The van der Waals surface area contributed by atoms with Crippen LogP contribution in [0, 0.1) is 12.7 Å². The van der Waals surface area contributed by atoms with Gasteiger partial charge in [-0.05, 0) is 41.1 Å². The summed E-state index contributed by atoms with van der Waals surface area (Å²) < 4.78 is 15.0. The van der Waals surface area contributed by atoms with Crippen molar-refractivity contribution in [2.24, 2.45) is 0 Å². The van der Waals surface area contributed by atoms with E-state index in [2.05, 4.69) is 26.2 Å². The van der Waals surface area contributed by atoms with Gasteiger partial charge in [-0.15, -0.1) is 5.10 Å². The highest BCUT2D eigenvalue weighted by molar-refractivity contribution is 9.10. The Morgan fingerprint density at radius 2 is 2.20 bits per heavy atom. The summed E-state index contributed by atoms with van der Waals surface area (Å²) in [6.45, 7) is 1.80. The molecule has 0 aliphatic rings. The molecule has 2 aromatic rings. The molecule has 2 N–H and O–H groups in total. The van der Waals surface area contributed by atoms with E-state index in [1.165, 1.54) is 12.1 Å². The average Bonchev–Trinajstić information content (AvgIpc) is 2.49. The third-order valence-electron chi connectivity index (χ3n) is 2.07. The third-order valence-corrected chi connectivity index (χ3v) is 2.70. The molecule has 1 heterocycles. The zero-order valence-electron chi connectivity index (χ0n) is 7.91. The standard InChI is InChI=1S/C9H8BrFN4/c1-5-9(12)13-14-15(5)8-3-2-6(11)4-7(8)10/h2-4H,12H2,1H3. The number of benzene rings is 1. The zero-order valence-corrected chi connectivity index (χ0v) is 9.49. The van der Waals surface area contributed by atoms with Crippen LogP contribution in [0.1, 0.15) is 5.69 Å². The van der Waals surface area contributed by atoms with E-state index in [1.807, 2.05) is 0 Å². The lowest BCUT2D eigenvalue weighted by Gasteiger charge is -2.05. The summed E-state index contributed by atoms with van der Waals surface area (Å²) in [6, 6.07) is 4.34. The topological polar surface area (TPSA) is 56.7 Å². The quantitative estimate of drug-likeness (QED) is 0.863. The number of nitrogens with zero attached hydrogens (tertiary/aromatic N) is 3. The van der Waals surface area contributed by atoms with E-state index in [0.29, 0.717) is 16.0 Å². The van der Waals surface area contributed by atoms with Crippen LogP contribution < -0.4 is 5.73 Å². The Bertz CT molecular complexity index is 509. The highest BCUT2D eigenvalue weighted by Gasteiger charge is 2.10. The van der Waals surface area contributed by atoms with Crippen molar-refractivity contribution >= 4 is 21.7 Å². The van der Waals surface area contributed by atoms with Gasteiger partial charge in [-0.25, -0.2) is 9.07 Å². The highest BCUT2D eigenvalue weighted by Crippen LogP contribution is 2.23. The van der Waals surface area contributed by atoms with Crippen molar-refractivity contribution in [3.63, 3.8) is 0 Å². The van der Waals surface area contributed by atoms with Crippen LogP contribution >= 0.6 is 15.9 Å². The summed E-state index contributed by atoms with van der Waals surface area (Å²) in [5, 5.41) is 7.60. The summed E-state index contributed by atoms with van der Waals surface area (Å²) >= 11 is 3.26. The predicted molar refractivity (Wildman–Crippen MR) is 58.2 cm³/mol. The van der Waals surface area contributed by atoms with Gasteiger partial charge in [-0.1, -0.05) is 5.21 Å². The van der Waals surface area contributed by atoms with Gasteiger partial charge in [-0.3, -0.25) is 0 Å². The lowest BCUT2D eigenvalue weighted by molar-refractivity contribution is 0.625. The minimum Gasteiger partial charge on any atom is -0.381 e. The molecule has 0 saturated carbocycles. The van der Waals surface area contributed by atoms with Gasteiger partial charge < -0.3 is 5.73 Å². The summed E-state index contributed by atoms with van der Waals surface area (Å²) in [5.41, 5.74) is 7.01. The average molecular weight is 271 g/mol. The molecule has 6 heteroatoms. The van der Waals surface area contributed by atoms with Gasteiger partial charge in [-0.2, -0.15) is 0 Å². The van der Waals surface area contributed by atoms with E-state index in [1.54, 1.807) is 17.7 Å². The van der Waals surface area contributed by atoms with Crippen LogP contribution in [0.25, 0.3) is 5.69 Å². The van der Waals surface area contributed by atoms with Crippen molar-refractivity contribution in [1.82, 2.24) is 15.0 Å². The number of aromatic nitrogens is 3. The Morgan fingerprint density at radius 3 is 2.73 bits per heavy atom. The number of hydrogen-bond acceptors (Lipinski definition) is 3. The number of rotatable bonds is 1. The van der Waals surface area contributed by atoms with Gasteiger partial charge >= 0.3 is 0 Å². The summed E-state index contributed by atoms with van der Waals surface area (Å²) in [4.78, 5) is 0. The van der Waals surface area contributed by atoms with Crippen LogP contribution in [-0.4, -0.2) is 15.0 Å². The Hall–Kier alpha value is -1.43. The van der Waals surface area contributed by atoms with Gasteiger partial charge in [0.1, 0.15) is 5.82 Å². The van der Waals surface area contributed by atoms with Gasteiger partial charge in [0.15, 0.2) is 5.82 Å². The van der Waals surface area contributed by atoms with Gasteiger partial charge in [0.2, 0.25) is 0 Å². The maximum Gasteiger partial charge on any atom is 0.169 e. The summed E-state index contributed by atoms with van der Waals surface area (Å²) in [5.74, 6) is 0.0580. The van der Waals surface area contributed by atoms with E-state index < -0.39 is 0 Å². The minimum absolute atomic E-state index is 0.309. The number of nitrogen functional groups attached to an aromatic ring is 1. The van der Waals surface area contributed by atoms with Crippen LogP contribution in [0.4, 0.5) is 10.2 Å². The molecule has 0 radical (unpaired) electrons. The molecule has 0 fully saturated rings. The first-order valence-corrected chi connectivity index (χ1v) is 5.02. The van der Waals surface area contributed by atoms with Crippen LogP contribution in [0.5, 0.6) is 0 Å². The Kier molecular flexibility index (Phi) is 2.44. The maximum absolute atomic E-state index is 12.9. The minimum atomic E-state index is -0.309. The van der Waals surface area contributed by atoms with Crippen molar-refractivity contribution < 1.29 is 4.39 Å². The smallest absolute Gasteiger partial charge is 0.169 e. The highest BCUT2D eigenvalue weighted by atomic mass is 79.9. The fourth-order valence-electron chi connectivity index (χ4n) is 1.22. The van der Waals surface area contributed by atoms with Crippen LogP contribution in [0.15, 0.2) is 22.7 Å². The molecule has 4 nitrogen and oxygen atoms in total. The molecule has 2 rings (SSSR count). The summed E-state index contributed by atoms with van der Waals surface area (Å²) in [7, 11) is 0. The first kappa shape index (κ1) is 10.1. The molecular weight excluding hydrogens is 263 g/mol. The molecule has 0 saturated heterocycles. The van der Waals surface area contributed by atoms with Gasteiger partial charge in [0.25, 0.3) is 0 Å². The molecule has 1 aromatic carbocycles. The zero-order chi connectivity index (χ0) is 11.0. The molecule has 1 aromatic heterocycles. The van der Waals surface area contributed by atoms with Crippen LogP contribution in [0.2, 0.25) is 0 Å². The Balaban J connectivity index is 2.59. The number of hydrogen-bond donors (Lipinski definition) is 1. The second-order valence-electron chi connectivity index (χ2n) is 3.07. The van der Waals surface area contributed by atoms with E-state index >= 15 is 0 Å². The molecule has 78 valence electrons. The molecule has 0 unspecified atom stereocenters. The van der Waals surface area contributed by atoms with E-state index in [-0.39, 0.29) is 5.82 Å². The van der Waals surface area contributed by atoms with Crippen molar-refractivity contribution in [2.75, 3.05) is 5.73 Å². The van der Waals surface area contributed by atoms with Gasteiger partial charge in [0, 0.05) is 4.47 Å². The first-order valence-electron chi connectivity index (χ1n) is 4.23. The lowest BCUT2D eigenvalue weighted by Crippen LogP contribution is -2.01. The van der Waals surface area contributed by atoms with E-state index in [9.17, 15) is 4.39 Å². The third kappa shape index (κ3) is 1.72. The second kappa shape index (κ2) is 3.62. The molecule has 0 aliphatic carbocycles. The molecule has 0 amide bonds. The summed E-state index contributed by atoms with van der Waals surface area (Å²) in [6.07, 6.45) is 0. The number of nitrogens with two attached hydrogens (primary N) is 1. The largest absolute Gasteiger partial charge is 0.381 e. The normalized spacial score (nSPS) is 10.6. The first-order chi connectivity index (χ1) is 7.09. The van der Waals surface area contributed by atoms with Crippen molar-refractivity contribution in [2.45, 2.75) is 6.92 Å². The lowest BCUT2D eigenvalue weighted by atomic mass is 10.3. The number of halogens is 2. The van der Waals surface area contributed by atoms with Gasteiger partial charge in [0.05, 0.1) is 11.4 Å². The van der Waals surface area contributed by atoms with Crippen molar-refractivity contribution in [1.29, 1.82) is 0 Å². The molecular formula is C9H8BrFN4. The van der Waals surface area contributed by atoms with Crippen molar-refractivity contribution in [3.05, 3.63) is 34.2 Å². The predicted octanol–water partition coefficient (Wildman–Crippen LogP) is 2.06. The van der Waals surface area contributed by atoms with E-state index in [0.717, 1.165) is 5.69 Å². The Morgan fingerprint density at radius 1 is 1.47 bits per heavy atom. The Labute approximate surface area is 94.0 Å². The molecule has 0 atom stereocenters. The van der Waals surface area contributed by atoms with Crippen LogP contribution in [0.3, 0.4) is 0 Å². The number of anilines is 1. The maximum atomic E-state index is 12.9. The SMILES string of the molecule is Cc1c(N)nnn1-c1ccc(F)cc1Br. The molecule has 15 heavy (non-hydrogen) atoms. The molecule has 0 bridgehead atoms. The fraction of sp³-hybridized carbons (Fsp3) is 0.111. The van der Waals surface area contributed by atoms with Crippen molar-refractivity contribution in [3.8, 4) is 5.69 Å². The molecule has 0 aliphatic heterocycles. The van der Waals surface area contributed by atoms with Crippen LogP contribution in [-0.2, 0) is 0 Å². The molecule has 0 spiro atoms. The second-order valence-corrected chi connectivity index (χ2v) is 3.92. The van der Waals surface area contributed by atoms with E-state index in [4.69, 9.17) is 5.73 Å². The monoisotopic (exact) mass is 270 g/mol. The fourth-order valence-corrected chi connectivity index (χ4v) is 1.74.